The minimum atomic E-state index is 0.882. The van der Waals surface area contributed by atoms with Crippen molar-refractivity contribution in [2.24, 2.45) is 0 Å². The molecule has 142 valence electrons. The number of aryl methyl sites for hydroxylation is 3. The SMILES string of the molecule is Cc1nnnn1CCCN1CCCn2nc(CN3CCSCC3)cc2C1. The summed E-state index contributed by atoms with van der Waals surface area (Å²) in [4.78, 5) is 5.08. The number of rotatable bonds is 6. The monoisotopic (exact) mass is 376 g/mol. The summed E-state index contributed by atoms with van der Waals surface area (Å²) in [6.07, 6.45) is 2.23. The fraction of sp³-hybridized carbons (Fsp3) is 0.765. The third kappa shape index (κ3) is 4.44. The Labute approximate surface area is 158 Å². The molecule has 1 saturated heterocycles. The highest BCUT2D eigenvalue weighted by Crippen LogP contribution is 2.17. The Balaban J connectivity index is 1.31. The van der Waals surface area contributed by atoms with Gasteiger partial charge in [-0.2, -0.15) is 16.9 Å². The first kappa shape index (κ1) is 17.9. The van der Waals surface area contributed by atoms with Gasteiger partial charge in [0.25, 0.3) is 0 Å². The maximum atomic E-state index is 4.88. The Hall–Kier alpha value is -1.45. The summed E-state index contributed by atoms with van der Waals surface area (Å²) in [6.45, 7) is 10.5. The van der Waals surface area contributed by atoms with Crippen LogP contribution in [-0.4, -0.2) is 77.5 Å². The van der Waals surface area contributed by atoms with E-state index >= 15 is 0 Å². The summed E-state index contributed by atoms with van der Waals surface area (Å²) in [5.74, 6) is 3.39. The fourth-order valence-corrected chi connectivity index (χ4v) is 4.72. The minimum absolute atomic E-state index is 0.882. The highest BCUT2D eigenvalue weighted by molar-refractivity contribution is 7.99. The van der Waals surface area contributed by atoms with Crippen LogP contribution in [0.15, 0.2) is 6.07 Å². The molecule has 0 atom stereocenters. The van der Waals surface area contributed by atoms with Crippen LogP contribution >= 0.6 is 11.8 Å². The second kappa shape index (κ2) is 8.49. The maximum absolute atomic E-state index is 4.88. The zero-order valence-corrected chi connectivity index (χ0v) is 16.4. The number of tetrazole rings is 1. The second-order valence-electron chi connectivity index (χ2n) is 7.17. The summed E-state index contributed by atoms with van der Waals surface area (Å²) in [6, 6.07) is 2.32. The Bertz CT molecular complexity index is 705. The Kier molecular flexibility index (Phi) is 5.86. The average Bonchev–Trinajstić information content (AvgIpc) is 3.16. The van der Waals surface area contributed by atoms with Crippen LogP contribution in [0, 0.1) is 6.92 Å². The number of fused-ring (bicyclic) bond motifs is 1. The zero-order valence-electron chi connectivity index (χ0n) is 15.5. The predicted octanol–water partition coefficient (Wildman–Crippen LogP) is 1.02. The molecule has 26 heavy (non-hydrogen) atoms. The van der Waals surface area contributed by atoms with Gasteiger partial charge in [0.05, 0.1) is 11.4 Å². The van der Waals surface area contributed by atoms with E-state index in [1.165, 1.54) is 42.4 Å². The summed E-state index contributed by atoms with van der Waals surface area (Å²) in [5.41, 5.74) is 2.60. The van der Waals surface area contributed by atoms with Gasteiger partial charge in [-0.05, 0) is 36.3 Å². The van der Waals surface area contributed by atoms with E-state index in [1.807, 2.05) is 11.6 Å². The first-order valence-corrected chi connectivity index (χ1v) is 10.7. The standard InChI is InChI=1S/C17H28N8S/c1-15-18-20-21-24(15)6-2-4-22-5-3-7-25-17(14-22)12-16(19-25)13-23-8-10-26-11-9-23/h12H,2-11,13-14H2,1H3. The number of nitrogens with zero attached hydrogens (tertiary/aromatic N) is 8. The summed E-state index contributed by atoms with van der Waals surface area (Å²) >= 11 is 2.06. The van der Waals surface area contributed by atoms with Gasteiger partial charge in [-0.1, -0.05) is 0 Å². The van der Waals surface area contributed by atoms with Crippen molar-refractivity contribution in [3.63, 3.8) is 0 Å². The van der Waals surface area contributed by atoms with Gasteiger partial charge in [0.2, 0.25) is 0 Å². The van der Waals surface area contributed by atoms with Crippen molar-refractivity contribution in [2.75, 3.05) is 37.7 Å². The van der Waals surface area contributed by atoms with Crippen molar-refractivity contribution in [1.29, 1.82) is 0 Å². The molecule has 0 aliphatic carbocycles. The first-order chi connectivity index (χ1) is 12.8. The lowest BCUT2D eigenvalue weighted by molar-refractivity contribution is 0.258. The van der Waals surface area contributed by atoms with Crippen LogP contribution in [0.4, 0.5) is 0 Å². The molecule has 2 aliphatic rings. The molecular weight excluding hydrogens is 348 g/mol. The lowest BCUT2D eigenvalue weighted by Crippen LogP contribution is -2.32. The number of thioether (sulfide) groups is 1. The van der Waals surface area contributed by atoms with Gasteiger partial charge in [-0.3, -0.25) is 14.5 Å². The van der Waals surface area contributed by atoms with E-state index in [1.54, 1.807) is 0 Å². The molecule has 0 saturated carbocycles. The Morgan fingerprint density at radius 2 is 1.96 bits per heavy atom. The van der Waals surface area contributed by atoms with Gasteiger partial charge in [0.15, 0.2) is 0 Å². The average molecular weight is 377 g/mol. The molecule has 2 aromatic heterocycles. The highest BCUT2D eigenvalue weighted by atomic mass is 32.2. The Morgan fingerprint density at radius 1 is 1.08 bits per heavy atom. The normalized spacial score (nSPS) is 19.4. The van der Waals surface area contributed by atoms with Gasteiger partial charge in [0, 0.05) is 63.9 Å². The van der Waals surface area contributed by atoms with Gasteiger partial charge < -0.3 is 0 Å². The van der Waals surface area contributed by atoms with Crippen molar-refractivity contribution in [2.45, 2.75) is 45.9 Å². The van der Waals surface area contributed by atoms with E-state index < -0.39 is 0 Å². The molecule has 4 rings (SSSR count). The third-order valence-electron chi connectivity index (χ3n) is 5.19. The summed E-state index contributed by atoms with van der Waals surface area (Å²) < 4.78 is 4.12. The van der Waals surface area contributed by atoms with E-state index in [4.69, 9.17) is 5.10 Å². The van der Waals surface area contributed by atoms with Crippen LogP contribution in [0.5, 0.6) is 0 Å². The third-order valence-corrected chi connectivity index (χ3v) is 6.13. The minimum Gasteiger partial charge on any atom is -0.297 e. The van der Waals surface area contributed by atoms with Crippen LogP contribution in [0.1, 0.15) is 30.1 Å². The lowest BCUT2D eigenvalue weighted by atomic mass is 10.3. The molecule has 8 nitrogen and oxygen atoms in total. The molecule has 0 N–H and O–H groups in total. The topological polar surface area (TPSA) is 67.9 Å². The van der Waals surface area contributed by atoms with Crippen LogP contribution in [0.2, 0.25) is 0 Å². The quantitative estimate of drug-likeness (QED) is 0.746. The highest BCUT2D eigenvalue weighted by Gasteiger charge is 2.18. The summed E-state index contributed by atoms with van der Waals surface area (Å²) in [7, 11) is 0. The molecule has 1 fully saturated rings. The van der Waals surface area contributed by atoms with E-state index in [-0.39, 0.29) is 0 Å². The van der Waals surface area contributed by atoms with Crippen LogP contribution in [-0.2, 0) is 26.2 Å². The lowest BCUT2D eigenvalue weighted by Gasteiger charge is -2.25. The second-order valence-corrected chi connectivity index (χ2v) is 8.40. The molecule has 0 radical (unpaired) electrons. The van der Waals surface area contributed by atoms with Gasteiger partial charge >= 0.3 is 0 Å². The van der Waals surface area contributed by atoms with Gasteiger partial charge in [-0.25, -0.2) is 4.68 Å². The molecule has 0 aromatic carbocycles. The summed E-state index contributed by atoms with van der Waals surface area (Å²) in [5, 5.41) is 16.6. The van der Waals surface area contributed by atoms with Crippen LogP contribution < -0.4 is 0 Å². The predicted molar refractivity (Wildman–Crippen MR) is 102 cm³/mol. The maximum Gasteiger partial charge on any atom is 0.148 e. The van der Waals surface area contributed by atoms with Gasteiger partial charge in [0.1, 0.15) is 5.82 Å². The molecule has 0 unspecified atom stereocenters. The smallest absolute Gasteiger partial charge is 0.148 e. The number of aromatic nitrogens is 6. The molecular formula is C17H28N8S. The number of hydrogen-bond donors (Lipinski definition) is 0. The molecule has 2 aromatic rings. The van der Waals surface area contributed by atoms with E-state index in [0.717, 1.165) is 51.5 Å². The zero-order chi connectivity index (χ0) is 17.8. The van der Waals surface area contributed by atoms with E-state index in [9.17, 15) is 0 Å². The number of hydrogen-bond acceptors (Lipinski definition) is 7. The molecule has 2 aliphatic heterocycles. The van der Waals surface area contributed by atoms with Crippen molar-refractivity contribution in [3.8, 4) is 0 Å². The Morgan fingerprint density at radius 3 is 2.77 bits per heavy atom. The van der Waals surface area contributed by atoms with Crippen molar-refractivity contribution >= 4 is 11.8 Å². The van der Waals surface area contributed by atoms with E-state index in [2.05, 4.69) is 47.8 Å². The van der Waals surface area contributed by atoms with Crippen LogP contribution in [0.3, 0.4) is 0 Å². The largest absolute Gasteiger partial charge is 0.297 e. The van der Waals surface area contributed by atoms with Crippen LogP contribution in [0.25, 0.3) is 0 Å². The molecule has 0 bridgehead atoms. The molecule has 4 heterocycles. The van der Waals surface area contributed by atoms with Crippen molar-refractivity contribution < 1.29 is 0 Å². The van der Waals surface area contributed by atoms with E-state index in [0.29, 0.717) is 0 Å². The fourth-order valence-electron chi connectivity index (χ4n) is 3.74. The van der Waals surface area contributed by atoms with Crippen molar-refractivity contribution in [1.82, 2.24) is 39.8 Å². The molecule has 0 spiro atoms. The first-order valence-electron chi connectivity index (χ1n) is 9.59. The van der Waals surface area contributed by atoms with Crippen molar-refractivity contribution in [3.05, 3.63) is 23.3 Å². The van der Waals surface area contributed by atoms with Gasteiger partial charge in [-0.15, -0.1) is 5.10 Å². The molecule has 0 amide bonds. The molecule has 9 heteroatoms.